The van der Waals surface area contributed by atoms with Crippen LogP contribution in [-0.4, -0.2) is 16.3 Å². The fourth-order valence-corrected chi connectivity index (χ4v) is 3.46. The van der Waals surface area contributed by atoms with E-state index in [2.05, 4.69) is 26.1 Å². The molecular formula is C17H27NO2. The first-order valence-electron chi connectivity index (χ1n) is 7.77. The van der Waals surface area contributed by atoms with E-state index in [0.29, 0.717) is 17.9 Å². The number of nitrogens with one attached hydrogen (secondary N) is 1. The van der Waals surface area contributed by atoms with Crippen LogP contribution in [0.1, 0.15) is 58.1 Å². The Labute approximate surface area is 122 Å². The van der Waals surface area contributed by atoms with Gasteiger partial charge in [-0.25, -0.2) is 0 Å². The lowest BCUT2D eigenvalue weighted by atomic mass is 9.77. The number of benzene rings is 1. The van der Waals surface area contributed by atoms with Gasteiger partial charge in [0.25, 0.3) is 0 Å². The molecule has 0 aliphatic heterocycles. The second-order valence-electron chi connectivity index (χ2n) is 6.43. The SMILES string of the molecule is CC(NC1CCCCC1C(C)C)c1cc(O)ccc1O. The van der Waals surface area contributed by atoms with Gasteiger partial charge < -0.3 is 15.5 Å². The molecule has 1 aromatic rings. The third kappa shape index (κ3) is 3.45. The minimum absolute atomic E-state index is 0.0476. The number of phenols is 2. The predicted octanol–water partition coefficient (Wildman–Crippen LogP) is 3.96. The lowest BCUT2D eigenvalue weighted by molar-refractivity contribution is 0.194. The molecule has 0 radical (unpaired) electrons. The Morgan fingerprint density at radius 2 is 1.80 bits per heavy atom. The van der Waals surface area contributed by atoms with Crippen molar-refractivity contribution in [1.82, 2.24) is 5.32 Å². The zero-order valence-electron chi connectivity index (χ0n) is 12.8. The normalized spacial score (nSPS) is 24.8. The molecular weight excluding hydrogens is 250 g/mol. The number of aromatic hydroxyl groups is 2. The summed E-state index contributed by atoms with van der Waals surface area (Å²) in [4.78, 5) is 0. The maximum Gasteiger partial charge on any atom is 0.120 e. The molecule has 0 bridgehead atoms. The molecule has 1 saturated carbocycles. The Morgan fingerprint density at radius 3 is 2.50 bits per heavy atom. The van der Waals surface area contributed by atoms with Crippen LogP contribution in [0.2, 0.25) is 0 Å². The summed E-state index contributed by atoms with van der Waals surface area (Å²) in [6.45, 7) is 6.64. The van der Waals surface area contributed by atoms with Gasteiger partial charge in [0, 0.05) is 17.6 Å². The van der Waals surface area contributed by atoms with Crippen molar-refractivity contribution < 1.29 is 10.2 Å². The quantitative estimate of drug-likeness (QED) is 0.730. The molecule has 2 rings (SSSR count). The van der Waals surface area contributed by atoms with Crippen molar-refractivity contribution in [3.05, 3.63) is 23.8 Å². The molecule has 0 aromatic heterocycles. The van der Waals surface area contributed by atoms with Crippen LogP contribution in [0.5, 0.6) is 11.5 Å². The van der Waals surface area contributed by atoms with E-state index < -0.39 is 0 Å². The summed E-state index contributed by atoms with van der Waals surface area (Å²) in [6, 6.07) is 5.28. The van der Waals surface area contributed by atoms with Gasteiger partial charge in [0.05, 0.1) is 0 Å². The summed E-state index contributed by atoms with van der Waals surface area (Å²) in [5, 5.41) is 23.2. The summed E-state index contributed by atoms with van der Waals surface area (Å²) in [7, 11) is 0. The predicted molar refractivity (Wildman–Crippen MR) is 81.9 cm³/mol. The van der Waals surface area contributed by atoms with Crippen molar-refractivity contribution in [2.75, 3.05) is 0 Å². The largest absolute Gasteiger partial charge is 0.508 e. The van der Waals surface area contributed by atoms with E-state index >= 15 is 0 Å². The molecule has 0 amide bonds. The monoisotopic (exact) mass is 277 g/mol. The van der Waals surface area contributed by atoms with Gasteiger partial charge in [0.15, 0.2) is 0 Å². The van der Waals surface area contributed by atoms with Crippen LogP contribution >= 0.6 is 0 Å². The number of rotatable bonds is 4. The Kier molecular flexibility index (Phi) is 4.92. The summed E-state index contributed by atoms with van der Waals surface area (Å²) < 4.78 is 0. The van der Waals surface area contributed by atoms with Gasteiger partial charge in [-0.05, 0) is 49.8 Å². The van der Waals surface area contributed by atoms with Crippen LogP contribution in [0.4, 0.5) is 0 Å². The fourth-order valence-electron chi connectivity index (χ4n) is 3.46. The Bertz CT molecular complexity index is 445. The fraction of sp³-hybridized carbons (Fsp3) is 0.647. The second kappa shape index (κ2) is 6.49. The highest BCUT2D eigenvalue weighted by Crippen LogP contribution is 2.33. The van der Waals surface area contributed by atoms with Crippen LogP contribution in [0.3, 0.4) is 0 Å². The molecule has 1 aromatic carbocycles. The van der Waals surface area contributed by atoms with Gasteiger partial charge in [0.2, 0.25) is 0 Å². The molecule has 20 heavy (non-hydrogen) atoms. The van der Waals surface area contributed by atoms with Crippen LogP contribution in [0.25, 0.3) is 0 Å². The molecule has 1 aliphatic carbocycles. The third-order valence-electron chi connectivity index (χ3n) is 4.62. The van der Waals surface area contributed by atoms with E-state index in [1.807, 2.05) is 0 Å². The summed E-state index contributed by atoms with van der Waals surface area (Å²) >= 11 is 0. The summed E-state index contributed by atoms with van der Waals surface area (Å²) in [5.41, 5.74) is 0.776. The minimum atomic E-state index is 0.0476. The molecule has 0 saturated heterocycles. The highest BCUT2D eigenvalue weighted by atomic mass is 16.3. The molecule has 0 heterocycles. The van der Waals surface area contributed by atoms with Gasteiger partial charge in [-0.2, -0.15) is 0 Å². The van der Waals surface area contributed by atoms with E-state index in [9.17, 15) is 10.2 Å². The highest BCUT2D eigenvalue weighted by molar-refractivity contribution is 5.40. The topological polar surface area (TPSA) is 52.5 Å². The average Bonchev–Trinajstić information content (AvgIpc) is 2.41. The summed E-state index contributed by atoms with van der Waals surface area (Å²) in [6.07, 6.45) is 5.09. The first kappa shape index (κ1) is 15.2. The number of phenolic OH excluding ortho intramolecular Hbond substituents is 2. The smallest absolute Gasteiger partial charge is 0.120 e. The van der Waals surface area contributed by atoms with Crippen LogP contribution in [0, 0.1) is 11.8 Å². The van der Waals surface area contributed by atoms with Crippen molar-refractivity contribution in [3.63, 3.8) is 0 Å². The van der Waals surface area contributed by atoms with Gasteiger partial charge in [-0.3, -0.25) is 0 Å². The Balaban J connectivity index is 2.09. The highest BCUT2D eigenvalue weighted by Gasteiger charge is 2.28. The molecule has 3 atom stereocenters. The van der Waals surface area contributed by atoms with Gasteiger partial charge in [0.1, 0.15) is 11.5 Å². The van der Waals surface area contributed by atoms with Crippen LogP contribution in [0.15, 0.2) is 18.2 Å². The van der Waals surface area contributed by atoms with Crippen molar-refractivity contribution in [3.8, 4) is 11.5 Å². The van der Waals surface area contributed by atoms with Gasteiger partial charge >= 0.3 is 0 Å². The van der Waals surface area contributed by atoms with Crippen LogP contribution < -0.4 is 5.32 Å². The molecule has 112 valence electrons. The van der Waals surface area contributed by atoms with E-state index in [0.717, 1.165) is 5.56 Å². The summed E-state index contributed by atoms with van der Waals surface area (Å²) in [5.74, 6) is 1.83. The molecule has 3 N–H and O–H groups in total. The number of hydrogen-bond acceptors (Lipinski definition) is 3. The van der Waals surface area contributed by atoms with E-state index in [4.69, 9.17) is 0 Å². The van der Waals surface area contributed by atoms with E-state index in [1.165, 1.54) is 31.7 Å². The Hall–Kier alpha value is -1.22. The van der Waals surface area contributed by atoms with Crippen LogP contribution in [-0.2, 0) is 0 Å². The standard InChI is InChI=1S/C17H27NO2/c1-11(2)14-6-4-5-7-16(14)18-12(3)15-10-13(19)8-9-17(15)20/h8-12,14,16,18-20H,4-7H2,1-3H3. The average molecular weight is 277 g/mol. The van der Waals surface area contributed by atoms with Gasteiger partial charge in [-0.1, -0.05) is 26.7 Å². The molecule has 3 unspecified atom stereocenters. The maximum atomic E-state index is 9.96. The zero-order valence-corrected chi connectivity index (χ0v) is 12.8. The van der Waals surface area contributed by atoms with Crippen molar-refractivity contribution in [2.24, 2.45) is 11.8 Å². The molecule has 0 spiro atoms. The third-order valence-corrected chi connectivity index (χ3v) is 4.62. The zero-order chi connectivity index (χ0) is 14.7. The minimum Gasteiger partial charge on any atom is -0.508 e. The lowest BCUT2D eigenvalue weighted by Gasteiger charge is -2.37. The van der Waals surface area contributed by atoms with Crippen molar-refractivity contribution in [1.29, 1.82) is 0 Å². The van der Waals surface area contributed by atoms with Crippen molar-refractivity contribution in [2.45, 2.75) is 58.5 Å². The lowest BCUT2D eigenvalue weighted by Crippen LogP contribution is -2.42. The Morgan fingerprint density at radius 1 is 1.10 bits per heavy atom. The number of hydrogen-bond donors (Lipinski definition) is 3. The molecule has 1 aliphatic rings. The molecule has 3 heteroatoms. The second-order valence-corrected chi connectivity index (χ2v) is 6.43. The molecule has 1 fully saturated rings. The molecule has 3 nitrogen and oxygen atoms in total. The van der Waals surface area contributed by atoms with E-state index in [1.54, 1.807) is 12.1 Å². The first-order chi connectivity index (χ1) is 9.49. The first-order valence-corrected chi connectivity index (χ1v) is 7.77. The van der Waals surface area contributed by atoms with Gasteiger partial charge in [-0.15, -0.1) is 0 Å². The maximum absolute atomic E-state index is 9.96. The van der Waals surface area contributed by atoms with Crippen molar-refractivity contribution >= 4 is 0 Å². The van der Waals surface area contributed by atoms with E-state index in [-0.39, 0.29) is 17.5 Å².